The highest BCUT2D eigenvalue weighted by Crippen LogP contribution is 2.27. The van der Waals surface area contributed by atoms with Crippen LogP contribution in [-0.4, -0.2) is 12.4 Å². The first-order valence-electron chi connectivity index (χ1n) is 11.9. The van der Waals surface area contributed by atoms with E-state index in [9.17, 15) is 8.78 Å². The maximum Gasteiger partial charge on any atom is 0.176 e. The smallest absolute Gasteiger partial charge is 0.176 e. The number of rotatable bonds is 7. The summed E-state index contributed by atoms with van der Waals surface area (Å²) in [4.78, 5) is 9.53. The van der Waals surface area contributed by atoms with Crippen LogP contribution in [0.3, 0.4) is 0 Å². The molecule has 36 heavy (non-hydrogen) atoms. The third-order valence-corrected chi connectivity index (χ3v) is 5.06. The van der Waals surface area contributed by atoms with Crippen LogP contribution in [0.25, 0.3) is 5.57 Å². The van der Waals surface area contributed by atoms with E-state index in [1.54, 1.807) is 38.1 Å². The molecule has 0 heterocycles. The summed E-state index contributed by atoms with van der Waals surface area (Å²) in [5, 5.41) is 4.03. The topological polar surface area (TPSA) is 34.0 Å². The van der Waals surface area contributed by atoms with E-state index in [1.165, 1.54) is 12.1 Å². The van der Waals surface area contributed by atoms with Crippen LogP contribution in [0.1, 0.15) is 56.4 Å². The quantitative estimate of drug-likeness (QED) is 0.141. The number of benzene rings is 3. The Morgan fingerprint density at radius 2 is 1.50 bits per heavy atom. The summed E-state index contributed by atoms with van der Waals surface area (Å²) in [7, 11) is 0. The van der Waals surface area contributed by atoms with Crippen molar-refractivity contribution in [1.82, 2.24) is 0 Å². The lowest BCUT2D eigenvalue weighted by molar-refractivity contribution is 0.237. The summed E-state index contributed by atoms with van der Waals surface area (Å²) in [5.74, 6) is -0.206. The van der Waals surface area contributed by atoms with E-state index in [1.807, 2.05) is 64.1 Å². The minimum Gasteiger partial charge on any atom is -0.355 e. The van der Waals surface area contributed by atoms with Gasteiger partial charge in [-0.3, -0.25) is 4.99 Å². The molecule has 3 aromatic carbocycles. The molecular formula is C31H36F2N2O. The van der Waals surface area contributed by atoms with E-state index in [0.29, 0.717) is 22.5 Å². The fraction of sp³-hybridized carbons (Fsp3) is 0.226. The standard InChI is InChI=1S/C22H23FN2O.C7H7F.C2H6/c1-6-19(18-10-8-7-9-11-18)22(24-5)17(4)26-25-16(3)20-14-15(2)12-13-21(20)23;1-6-4-2-3-5-7(6)8;1-2/h7-14H,4-6H2,1-3H3;2-5H,1H3;1-2H3/b22-19+,25-16+;;. The first-order chi connectivity index (χ1) is 17.3. The summed E-state index contributed by atoms with van der Waals surface area (Å²) >= 11 is 0. The molecule has 5 heteroatoms. The summed E-state index contributed by atoms with van der Waals surface area (Å²) in [6, 6.07) is 21.4. The van der Waals surface area contributed by atoms with Crippen molar-refractivity contribution >= 4 is 18.0 Å². The van der Waals surface area contributed by atoms with Gasteiger partial charge >= 0.3 is 0 Å². The Labute approximate surface area is 214 Å². The van der Waals surface area contributed by atoms with Gasteiger partial charge in [0.25, 0.3) is 0 Å². The molecule has 0 aliphatic rings. The van der Waals surface area contributed by atoms with Crippen LogP contribution in [-0.2, 0) is 4.84 Å². The van der Waals surface area contributed by atoms with Crippen molar-refractivity contribution in [2.75, 3.05) is 0 Å². The van der Waals surface area contributed by atoms with E-state index in [2.05, 4.69) is 23.4 Å². The molecule has 0 spiro atoms. The van der Waals surface area contributed by atoms with Crippen LogP contribution in [0.5, 0.6) is 0 Å². The molecule has 3 rings (SSSR count). The third-order valence-electron chi connectivity index (χ3n) is 5.06. The predicted molar refractivity (Wildman–Crippen MR) is 149 cm³/mol. The van der Waals surface area contributed by atoms with Gasteiger partial charge in [0.15, 0.2) is 5.76 Å². The molecule has 190 valence electrons. The van der Waals surface area contributed by atoms with Gasteiger partial charge in [0.2, 0.25) is 0 Å². The highest BCUT2D eigenvalue weighted by atomic mass is 19.1. The van der Waals surface area contributed by atoms with Gasteiger partial charge in [-0.2, -0.15) is 0 Å². The lowest BCUT2D eigenvalue weighted by atomic mass is 10.0. The van der Waals surface area contributed by atoms with Gasteiger partial charge in [0.1, 0.15) is 17.3 Å². The van der Waals surface area contributed by atoms with Gasteiger partial charge in [-0.25, -0.2) is 8.78 Å². The number of nitrogens with zero attached hydrogens (tertiary/aromatic N) is 2. The van der Waals surface area contributed by atoms with Crippen molar-refractivity contribution in [2.24, 2.45) is 10.1 Å². The number of halogens is 2. The molecule has 0 saturated carbocycles. The fourth-order valence-electron chi connectivity index (χ4n) is 3.18. The summed E-state index contributed by atoms with van der Waals surface area (Å²) in [5.41, 5.74) is 4.99. The van der Waals surface area contributed by atoms with Crippen molar-refractivity contribution < 1.29 is 13.6 Å². The lowest BCUT2D eigenvalue weighted by Crippen LogP contribution is -2.02. The number of hydrogen-bond acceptors (Lipinski definition) is 3. The molecule has 3 aromatic rings. The zero-order chi connectivity index (χ0) is 27.1. The zero-order valence-corrected chi connectivity index (χ0v) is 22.1. The predicted octanol–water partition coefficient (Wildman–Crippen LogP) is 9.07. The molecule has 0 amide bonds. The molecule has 0 fully saturated rings. The SMILES string of the molecule is C=N/C(C(=C)O/N=C(\C)c1cc(C)ccc1F)=C(\CC)c1ccccc1.CC.Cc1ccccc1F. The van der Waals surface area contributed by atoms with E-state index >= 15 is 0 Å². The molecule has 0 aliphatic carbocycles. The number of aryl methyl sites for hydroxylation is 2. The first kappa shape index (κ1) is 30.2. The molecule has 3 nitrogen and oxygen atoms in total. The van der Waals surface area contributed by atoms with Gasteiger partial charge < -0.3 is 4.84 Å². The van der Waals surface area contributed by atoms with Gasteiger partial charge in [-0.1, -0.05) is 92.7 Å². The third kappa shape index (κ3) is 9.06. The highest BCUT2D eigenvalue weighted by Gasteiger charge is 2.12. The second-order valence-corrected chi connectivity index (χ2v) is 7.63. The second-order valence-electron chi connectivity index (χ2n) is 7.63. The largest absolute Gasteiger partial charge is 0.355 e. The molecule has 0 saturated heterocycles. The Hall–Kier alpha value is -3.86. The average molecular weight is 491 g/mol. The molecular weight excluding hydrogens is 454 g/mol. The van der Waals surface area contributed by atoms with Crippen molar-refractivity contribution in [3.8, 4) is 0 Å². The Morgan fingerprint density at radius 1 is 0.889 bits per heavy atom. The van der Waals surface area contributed by atoms with E-state index in [4.69, 9.17) is 4.84 Å². The molecule has 0 radical (unpaired) electrons. The molecule has 0 unspecified atom stereocenters. The number of allylic oxidation sites excluding steroid dienone is 1. The van der Waals surface area contributed by atoms with Gasteiger partial charge in [-0.15, -0.1) is 0 Å². The molecule has 0 aromatic heterocycles. The number of aliphatic imine (C=N–C) groups is 1. The maximum atomic E-state index is 14.0. The van der Waals surface area contributed by atoms with Crippen molar-refractivity contribution in [3.05, 3.63) is 125 Å². The van der Waals surface area contributed by atoms with E-state index < -0.39 is 0 Å². The lowest BCUT2D eigenvalue weighted by Gasteiger charge is -2.12. The summed E-state index contributed by atoms with van der Waals surface area (Å²) in [6.45, 7) is 18.9. The second kappa shape index (κ2) is 15.9. The Bertz CT molecular complexity index is 1180. The average Bonchev–Trinajstić information content (AvgIpc) is 2.90. The zero-order valence-electron chi connectivity index (χ0n) is 22.1. The minimum absolute atomic E-state index is 0.132. The van der Waals surface area contributed by atoms with Gasteiger partial charge in [0, 0.05) is 5.56 Å². The Morgan fingerprint density at radius 3 is 2.03 bits per heavy atom. The molecule has 0 bridgehead atoms. The van der Waals surface area contributed by atoms with E-state index in [0.717, 1.165) is 23.1 Å². The van der Waals surface area contributed by atoms with Crippen molar-refractivity contribution in [3.63, 3.8) is 0 Å². The summed E-state index contributed by atoms with van der Waals surface area (Å²) in [6.07, 6.45) is 0.732. The van der Waals surface area contributed by atoms with Crippen molar-refractivity contribution in [1.29, 1.82) is 0 Å². The first-order valence-corrected chi connectivity index (χ1v) is 11.9. The maximum absolute atomic E-state index is 14.0. The monoisotopic (exact) mass is 490 g/mol. The van der Waals surface area contributed by atoms with Crippen LogP contribution >= 0.6 is 0 Å². The summed E-state index contributed by atoms with van der Waals surface area (Å²) < 4.78 is 26.3. The molecule has 0 atom stereocenters. The Balaban J connectivity index is 0.000000543. The van der Waals surface area contributed by atoms with Crippen molar-refractivity contribution in [2.45, 2.75) is 48.0 Å². The fourth-order valence-corrected chi connectivity index (χ4v) is 3.18. The normalized spacial score (nSPS) is 11.2. The number of oxime groups is 1. The van der Waals surface area contributed by atoms with Crippen LogP contribution in [0.15, 0.2) is 101 Å². The highest BCUT2D eigenvalue weighted by molar-refractivity contribution is 5.98. The van der Waals surface area contributed by atoms with Crippen LogP contribution in [0.2, 0.25) is 0 Å². The van der Waals surface area contributed by atoms with E-state index in [-0.39, 0.29) is 17.4 Å². The van der Waals surface area contributed by atoms with Gasteiger partial charge in [-0.05, 0) is 68.8 Å². The van der Waals surface area contributed by atoms with Gasteiger partial charge in [0.05, 0.1) is 5.71 Å². The Kier molecular flexibility index (Phi) is 13.4. The number of hydrogen-bond donors (Lipinski definition) is 0. The molecule has 0 aliphatic heterocycles. The molecule has 0 N–H and O–H groups in total. The van der Waals surface area contributed by atoms with Crippen LogP contribution < -0.4 is 0 Å². The van der Waals surface area contributed by atoms with Crippen LogP contribution in [0.4, 0.5) is 8.78 Å². The minimum atomic E-state index is -0.345. The van der Waals surface area contributed by atoms with Crippen LogP contribution in [0, 0.1) is 25.5 Å².